The second kappa shape index (κ2) is 17.8. The van der Waals surface area contributed by atoms with Crippen LogP contribution >= 0.6 is 0 Å². The van der Waals surface area contributed by atoms with E-state index in [4.69, 9.17) is 9.47 Å². The Kier molecular flexibility index (Phi) is 13.0. The molecule has 0 amide bonds. The highest BCUT2D eigenvalue weighted by atomic mass is 16.6. The average molecular weight is 662 g/mol. The lowest BCUT2D eigenvalue weighted by molar-refractivity contribution is -0.145. The number of rotatable bonds is 16. The highest BCUT2D eigenvalue weighted by molar-refractivity contribution is 5.89. The number of methoxy groups -OCH3 is 2. The van der Waals surface area contributed by atoms with Crippen LogP contribution in [-0.2, 0) is 51.0 Å². The monoisotopic (exact) mass is 661 g/mol. The lowest BCUT2D eigenvalue weighted by Gasteiger charge is -2.26. The van der Waals surface area contributed by atoms with Gasteiger partial charge in [0.2, 0.25) is 0 Å². The molecule has 9 heteroatoms. The van der Waals surface area contributed by atoms with Gasteiger partial charge in [-0.15, -0.1) is 0 Å². The number of nitrogens with zero attached hydrogens (tertiary/aromatic N) is 1. The Morgan fingerprint density at radius 1 is 0.531 bits per heavy atom. The van der Waals surface area contributed by atoms with E-state index in [9.17, 15) is 19.2 Å². The van der Waals surface area contributed by atoms with Crippen LogP contribution in [0.15, 0.2) is 127 Å². The number of benzene rings is 4. The van der Waals surface area contributed by atoms with Gasteiger partial charge in [0, 0.05) is 29.9 Å². The molecular weight excluding hydrogens is 622 g/mol. The van der Waals surface area contributed by atoms with E-state index in [0.717, 1.165) is 39.3 Å². The van der Waals surface area contributed by atoms with E-state index in [0.29, 0.717) is 12.8 Å². The Bertz CT molecular complexity index is 1670. The van der Waals surface area contributed by atoms with Gasteiger partial charge < -0.3 is 23.8 Å². The number of anilines is 3. The fourth-order valence-corrected chi connectivity index (χ4v) is 4.88. The first kappa shape index (κ1) is 35.9. The summed E-state index contributed by atoms with van der Waals surface area (Å²) >= 11 is 0. The maximum absolute atomic E-state index is 12.2. The van der Waals surface area contributed by atoms with E-state index in [1.165, 1.54) is 14.2 Å². The van der Waals surface area contributed by atoms with Crippen molar-refractivity contribution in [3.63, 3.8) is 0 Å². The number of carbonyl (C=O) groups is 4. The molecule has 49 heavy (non-hydrogen) atoms. The largest absolute Gasteiger partial charge is 0.466 e. The molecule has 0 spiro atoms. The Labute approximate surface area is 286 Å². The molecule has 252 valence electrons. The number of hydrogen-bond acceptors (Lipinski definition) is 9. The molecular formula is C40H39NO8. The van der Waals surface area contributed by atoms with Gasteiger partial charge in [-0.05, 0) is 71.5 Å². The molecule has 9 nitrogen and oxygen atoms in total. The van der Waals surface area contributed by atoms with Crippen LogP contribution in [-0.4, -0.2) is 51.3 Å². The summed E-state index contributed by atoms with van der Waals surface area (Å²) in [5, 5.41) is 0. The van der Waals surface area contributed by atoms with Crippen LogP contribution in [0.2, 0.25) is 0 Å². The van der Waals surface area contributed by atoms with Gasteiger partial charge in [0.1, 0.15) is 13.2 Å². The zero-order chi connectivity index (χ0) is 35.2. The normalized spacial score (nSPS) is 10.4. The average Bonchev–Trinajstić information content (AvgIpc) is 3.15. The summed E-state index contributed by atoms with van der Waals surface area (Å²) in [7, 11) is 2.49. The summed E-state index contributed by atoms with van der Waals surface area (Å²) in [5.41, 5.74) is 7.04. The van der Waals surface area contributed by atoms with E-state index in [1.54, 1.807) is 0 Å². The number of carbonyl (C=O) groups excluding carboxylic acids is 4. The molecule has 0 atom stereocenters. The molecule has 0 heterocycles. The number of hydrogen-bond donors (Lipinski definition) is 0. The van der Waals surface area contributed by atoms with Crippen molar-refractivity contribution in [3.05, 3.63) is 139 Å². The van der Waals surface area contributed by atoms with Crippen LogP contribution in [0.4, 0.5) is 17.1 Å². The van der Waals surface area contributed by atoms with Crippen molar-refractivity contribution in [2.24, 2.45) is 0 Å². The van der Waals surface area contributed by atoms with Crippen LogP contribution in [0.3, 0.4) is 0 Å². The molecule has 0 saturated heterocycles. The van der Waals surface area contributed by atoms with Crippen molar-refractivity contribution in [2.75, 3.05) is 32.3 Å². The molecule has 4 rings (SSSR count). The standard InChI is InChI=1S/C40H39NO8/c1-28(39(44)46-3)26-48-37(42)24-14-30-10-18-34(19-11-30)41(36-22-16-33(17-23-36)32-8-6-5-7-9-32)35-20-12-31(13-21-35)15-25-38(43)49-27-29(2)40(45)47-4/h5-13,16-23H,1-2,14-15,24-27H2,3-4H3. The highest BCUT2D eigenvalue weighted by Crippen LogP contribution is 2.36. The summed E-state index contributed by atoms with van der Waals surface area (Å²) in [5.74, 6) is -2.10. The Hall–Kier alpha value is -5.96. The number of esters is 4. The van der Waals surface area contributed by atoms with Crippen molar-refractivity contribution in [1.29, 1.82) is 0 Å². The Morgan fingerprint density at radius 2 is 0.898 bits per heavy atom. The zero-order valence-electron chi connectivity index (χ0n) is 27.7. The van der Waals surface area contributed by atoms with E-state index in [2.05, 4.69) is 63.9 Å². The molecule has 0 fully saturated rings. The fraction of sp³-hybridized carbons (Fsp3) is 0.200. The van der Waals surface area contributed by atoms with Gasteiger partial charge in [0.15, 0.2) is 0 Å². The minimum Gasteiger partial charge on any atom is -0.466 e. The fourth-order valence-electron chi connectivity index (χ4n) is 4.88. The maximum Gasteiger partial charge on any atom is 0.336 e. The first-order chi connectivity index (χ1) is 23.7. The summed E-state index contributed by atoms with van der Waals surface area (Å²) in [6, 6.07) is 34.3. The molecule has 0 N–H and O–H groups in total. The first-order valence-corrected chi connectivity index (χ1v) is 15.7. The van der Waals surface area contributed by atoms with E-state index < -0.39 is 23.9 Å². The summed E-state index contributed by atoms with van der Waals surface area (Å²) in [6.07, 6.45) is 1.22. The van der Waals surface area contributed by atoms with Crippen LogP contribution < -0.4 is 4.90 Å². The second-order valence-electron chi connectivity index (χ2n) is 11.1. The molecule has 0 saturated carbocycles. The SMILES string of the molecule is C=C(COC(=O)CCc1ccc(N(c2ccc(CCC(=O)OCC(=C)C(=O)OC)cc2)c2ccc(-c3ccccc3)cc2)cc1)C(=O)OC. The van der Waals surface area contributed by atoms with Crippen LogP contribution in [0, 0.1) is 0 Å². The molecule has 0 radical (unpaired) electrons. The Balaban J connectivity index is 1.47. The Morgan fingerprint density at radius 3 is 1.29 bits per heavy atom. The van der Waals surface area contributed by atoms with Crippen LogP contribution in [0.1, 0.15) is 24.0 Å². The third kappa shape index (κ3) is 10.5. The molecule has 0 aliphatic carbocycles. The minimum atomic E-state index is -0.613. The zero-order valence-corrected chi connectivity index (χ0v) is 27.7. The molecule has 0 unspecified atom stereocenters. The minimum absolute atomic E-state index is 0.0757. The van der Waals surface area contributed by atoms with Gasteiger partial charge in [-0.2, -0.15) is 0 Å². The van der Waals surface area contributed by atoms with Crippen molar-refractivity contribution >= 4 is 40.9 Å². The van der Waals surface area contributed by atoms with Crippen molar-refractivity contribution in [3.8, 4) is 11.1 Å². The van der Waals surface area contributed by atoms with E-state index in [1.807, 2.05) is 66.7 Å². The van der Waals surface area contributed by atoms with E-state index >= 15 is 0 Å². The third-order valence-corrected chi connectivity index (χ3v) is 7.62. The quantitative estimate of drug-likeness (QED) is 0.0698. The molecule has 4 aromatic carbocycles. The van der Waals surface area contributed by atoms with Gasteiger partial charge in [-0.3, -0.25) is 9.59 Å². The van der Waals surface area contributed by atoms with Gasteiger partial charge in [0.25, 0.3) is 0 Å². The molecule has 0 aromatic heterocycles. The van der Waals surface area contributed by atoms with Gasteiger partial charge in [-0.25, -0.2) is 9.59 Å². The number of ether oxygens (including phenoxy) is 4. The smallest absolute Gasteiger partial charge is 0.336 e. The van der Waals surface area contributed by atoms with Gasteiger partial charge >= 0.3 is 23.9 Å². The second-order valence-corrected chi connectivity index (χ2v) is 11.1. The van der Waals surface area contributed by atoms with Crippen molar-refractivity contribution in [1.82, 2.24) is 0 Å². The predicted octanol–water partition coefficient (Wildman–Crippen LogP) is 7.23. The lowest BCUT2D eigenvalue weighted by atomic mass is 10.0. The van der Waals surface area contributed by atoms with Crippen LogP contribution in [0.25, 0.3) is 11.1 Å². The molecule has 0 bridgehead atoms. The van der Waals surface area contributed by atoms with Crippen LogP contribution in [0.5, 0.6) is 0 Å². The molecule has 0 aliphatic rings. The third-order valence-electron chi connectivity index (χ3n) is 7.62. The topological polar surface area (TPSA) is 108 Å². The predicted molar refractivity (Wildman–Crippen MR) is 187 cm³/mol. The van der Waals surface area contributed by atoms with Gasteiger partial charge in [0.05, 0.1) is 25.4 Å². The summed E-state index contributed by atoms with van der Waals surface area (Å²) in [4.78, 5) is 49.5. The summed E-state index contributed by atoms with van der Waals surface area (Å²) < 4.78 is 19.5. The number of aryl methyl sites for hydroxylation is 2. The van der Waals surface area contributed by atoms with Crippen molar-refractivity contribution in [2.45, 2.75) is 25.7 Å². The molecule has 0 aliphatic heterocycles. The summed E-state index contributed by atoms with van der Waals surface area (Å²) in [6.45, 7) is 6.70. The van der Waals surface area contributed by atoms with E-state index in [-0.39, 0.29) is 37.2 Å². The lowest BCUT2D eigenvalue weighted by Crippen LogP contribution is -2.14. The van der Waals surface area contributed by atoms with Gasteiger partial charge in [-0.1, -0.05) is 79.9 Å². The molecule has 4 aromatic rings. The first-order valence-electron chi connectivity index (χ1n) is 15.7. The van der Waals surface area contributed by atoms with Crippen molar-refractivity contribution < 1.29 is 38.1 Å². The maximum atomic E-state index is 12.2. The highest BCUT2D eigenvalue weighted by Gasteiger charge is 2.15.